The van der Waals surface area contributed by atoms with Crippen molar-refractivity contribution in [3.8, 4) is 28.4 Å². The Kier molecular flexibility index (Phi) is 7.38. The van der Waals surface area contributed by atoms with Crippen LogP contribution in [0.3, 0.4) is 0 Å². The fraction of sp³-hybridized carbons (Fsp3) is 0.0667. The van der Waals surface area contributed by atoms with Gasteiger partial charge in [0.2, 0.25) is 0 Å². The number of carbonyl (C=O) groups excluding carboxylic acids is 2. The molecule has 0 aromatic heterocycles. The average Bonchev–Trinajstić information content (AvgIpc) is 2.92. The maximum Gasteiger partial charge on any atom is 0.343 e. The van der Waals surface area contributed by atoms with Crippen LogP contribution in [0.2, 0.25) is 0 Å². The molecule has 0 bridgehead atoms. The van der Waals surface area contributed by atoms with Crippen molar-refractivity contribution >= 4 is 17.8 Å². The molecule has 0 aliphatic heterocycles. The van der Waals surface area contributed by atoms with Crippen molar-refractivity contribution in [2.24, 2.45) is 0 Å². The van der Waals surface area contributed by atoms with Crippen LogP contribution in [0.1, 0.15) is 26.3 Å². The maximum atomic E-state index is 12.6. The third kappa shape index (κ3) is 5.84. The molecule has 0 spiro atoms. The molecule has 0 aliphatic carbocycles. The van der Waals surface area contributed by atoms with Crippen molar-refractivity contribution in [2.75, 3.05) is 14.2 Å². The van der Waals surface area contributed by atoms with Crippen LogP contribution in [0.5, 0.6) is 17.2 Å². The number of carbonyl (C=O) groups is 2. The van der Waals surface area contributed by atoms with E-state index >= 15 is 0 Å². The standard InChI is InChI=1S/C30H24O5/c1-33-28-19-15-25(20-29(28)34-2)30(32)35-26-16-8-21(9-17-26)10-18-27(31)24-13-11-23(12-14-24)22-6-4-3-5-7-22/h3-20H,1-2H3/b18-10+. The summed E-state index contributed by atoms with van der Waals surface area (Å²) >= 11 is 0. The van der Waals surface area contributed by atoms with Crippen molar-refractivity contribution in [2.45, 2.75) is 0 Å². The number of benzene rings is 4. The van der Waals surface area contributed by atoms with Gasteiger partial charge in [0, 0.05) is 5.56 Å². The van der Waals surface area contributed by atoms with E-state index in [1.165, 1.54) is 20.3 Å². The van der Waals surface area contributed by atoms with E-state index in [4.69, 9.17) is 14.2 Å². The Bertz CT molecular complexity index is 1340. The molecule has 0 heterocycles. The van der Waals surface area contributed by atoms with Gasteiger partial charge < -0.3 is 14.2 Å². The minimum absolute atomic E-state index is 0.0893. The largest absolute Gasteiger partial charge is 0.493 e. The zero-order valence-electron chi connectivity index (χ0n) is 19.4. The van der Waals surface area contributed by atoms with E-state index in [9.17, 15) is 9.59 Å². The second-order valence-electron chi connectivity index (χ2n) is 7.67. The van der Waals surface area contributed by atoms with Gasteiger partial charge in [-0.15, -0.1) is 0 Å². The summed E-state index contributed by atoms with van der Waals surface area (Å²) in [6.07, 6.45) is 3.26. The zero-order valence-corrected chi connectivity index (χ0v) is 19.4. The number of allylic oxidation sites excluding steroid dienone is 1. The molecule has 0 fully saturated rings. The van der Waals surface area contributed by atoms with Crippen molar-refractivity contribution in [3.05, 3.63) is 120 Å². The summed E-state index contributed by atoms with van der Waals surface area (Å²) in [5.41, 5.74) is 3.93. The molecule has 4 rings (SSSR count). The van der Waals surface area contributed by atoms with Crippen molar-refractivity contribution in [1.82, 2.24) is 0 Å². The summed E-state index contributed by atoms with van der Waals surface area (Å²) in [5, 5.41) is 0. The van der Waals surface area contributed by atoms with E-state index in [1.54, 1.807) is 48.5 Å². The molecule has 0 radical (unpaired) electrons. The third-order valence-electron chi connectivity index (χ3n) is 5.41. The normalized spacial score (nSPS) is 10.7. The molecule has 0 N–H and O–H groups in total. The van der Waals surface area contributed by atoms with Gasteiger partial charge in [-0.2, -0.15) is 0 Å². The van der Waals surface area contributed by atoms with Crippen LogP contribution < -0.4 is 14.2 Å². The molecule has 35 heavy (non-hydrogen) atoms. The van der Waals surface area contributed by atoms with Gasteiger partial charge in [-0.1, -0.05) is 72.8 Å². The third-order valence-corrected chi connectivity index (χ3v) is 5.41. The number of hydrogen-bond acceptors (Lipinski definition) is 5. The second-order valence-corrected chi connectivity index (χ2v) is 7.67. The first-order valence-corrected chi connectivity index (χ1v) is 11.0. The van der Waals surface area contributed by atoms with Gasteiger partial charge >= 0.3 is 5.97 Å². The quantitative estimate of drug-likeness (QED) is 0.129. The lowest BCUT2D eigenvalue weighted by Crippen LogP contribution is -2.08. The summed E-state index contributed by atoms with van der Waals surface area (Å²) in [5.74, 6) is 0.769. The smallest absolute Gasteiger partial charge is 0.343 e. The molecule has 5 heteroatoms. The summed E-state index contributed by atoms with van der Waals surface area (Å²) in [7, 11) is 3.03. The number of hydrogen-bond donors (Lipinski definition) is 0. The van der Waals surface area contributed by atoms with Gasteiger partial charge in [-0.25, -0.2) is 4.79 Å². The minimum atomic E-state index is -0.511. The Morgan fingerprint density at radius 3 is 1.94 bits per heavy atom. The van der Waals surface area contributed by atoms with E-state index in [1.807, 2.05) is 54.6 Å². The van der Waals surface area contributed by atoms with E-state index in [0.717, 1.165) is 16.7 Å². The zero-order chi connectivity index (χ0) is 24.6. The Morgan fingerprint density at radius 1 is 0.657 bits per heavy atom. The van der Waals surface area contributed by atoms with Gasteiger partial charge in [0.15, 0.2) is 17.3 Å². The molecule has 0 unspecified atom stereocenters. The summed E-state index contributed by atoms with van der Waals surface area (Å²) in [6, 6.07) is 29.3. The number of rotatable bonds is 8. The number of ether oxygens (including phenoxy) is 3. The number of ketones is 1. The van der Waals surface area contributed by atoms with Crippen LogP contribution in [-0.4, -0.2) is 26.0 Å². The van der Waals surface area contributed by atoms with Crippen molar-refractivity contribution in [3.63, 3.8) is 0 Å². The predicted octanol–water partition coefficient (Wildman–Crippen LogP) is 6.49. The number of methoxy groups -OCH3 is 2. The van der Waals surface area contributed by atoms with Gasteiger partial charge in [0.1, 0.15) is 5.75 Å². The van der Waals surface area contributed by atoms with Crippen LogP contribution in [-0.2, 0) is 0 Å². The molecular weight excluding hydrogens is 440 g/mol. The van der Waals surface area contributed by atoms with Crippen LogP contribution in [0.25, 0.3) is 17.2 Å². The second kappa shape index (κ2) is 11.0. The van der Waals surface area contributed by atoms with E-state index in [2.05, 4.69) is 0 Å². The molecule has 4 aromatic rings. The molecule has 5 nitrogen and oxygen atoms in total. The predicted molar refractivity (Wildman–Crippen MR) is 136 cm³/mol. The maximum absolute atomic E-state index is 12.6. The Labute approximate surface area is 204 Å². The van der Waals surface area contributed by atoms with Crippen LogP contribution >= 0.6 is 0 Å². The fourth-order valence-electron chi connectivity index (χ4n) is 3.50. The first-order chi connectivity index (χ1) is 17.1. The molecule has 0 aliphatic rings. The highest BCUT2D eigenvalue weighted by molar-refractivity contribution is 6.07. The number of esters is 1. The van der Waals surface area contributed by atoms with Gasteiger partial charge in [-0.3, -0.25) is 4.79 Å². The SMILES string of the molecule is COc1ccc(C(=O)Oc2ccc(/C=C/C(=O)c3ccc(-c4ccccc4)cc3)cc2)cc1OC. The summed E-state index contributed by atoms with van der Waals surface area (Å²) in [4.78, 5) is 25.0. The van der Waals surface area contributed by atoms with E-state index < -0.39 is 5.97 Å². The van der Waals surface area contributed by atoms with Gasteiger partial charge in [0.25, 0.3) is 0 Å². The Hall–Kier alpha value is -4.64. The Balaban J connectivity index is 1.37. The molecule has 0 saturated carbocycles. The van der Waals surface area contributed by atoms with Crippen LogP contribution in [0, 0.1) is 0 Å². The van der Waals surface area contributed by atoms with Crippen molar-refractivity contribution < 1.29 is 23.8 Å². The van der Waals surface area contributed by atoms with Gasteiger partial charge in [0.05, 0.1) is 19.8 Å². The molecule has 0 amide bonds. The summed E-state index contributed by atoms with van der Waals surface area (Å²) in [6.45, 7) is 0. The van der Waals surface area contributed by atoms with E-state index in [0.29, 0.717) is 28.4 Å². The molecule has 4 aromatic carbocycles. The molecular formula is C30H24O5. The molecule has 0 saturated heterocycles. The minimum Gasteiger partial charge on any atom is -0.493 e. The van der Waals surface area contributed by atoms with Crippen LogP contribution in [0.15, 0.2) is 103 Å². The highest BCUT2D eigenvalue weighted by Crippen LogP contribution is 2.28. The monoisotopic (exact) mass is 464 g/mol. The lowest BCUT2D eigenvalue weighted by atomic mass is 10.0. The fourth-order valence-corrected chi connectivity index (χ4v) is 3.50. The van der Waals surface area contributed by atoms with E-state index in [-0.39, 0.29) is 5.78 Å². The highest BCUT2D eigenvalue weighted by atomic mass is 16.5. The average molecular weight is 465 g/mol. The van der Waals surface area contributed by atoms with Crippen molar-refractivity contribution in [1.29, 1.82) is 0 Å². The first kappa shape index (κ1) is 23.5. The lowest BCUT2D eigenvalue weighted by molar-refractivity contribution is 0.0734. The first-order valence-electron chi connectivity index (χ1n) is 11.0. The summed E-state index contributed by atoms with van der Waals surface area (Å²) < 4.78 is 15.9. The van der Waals surface area contributed by atoms with Crippen LogP contribution in [0.4, 0.5) is 0 Å². The lowest BCUT2D eigenvalue weighted by Gasteiger charge is -2.09. The topological polar surface area (TPSA) is 61.8 Å². The molecule has 174 valence electrons. The highest BCUT2D eigenvalue weighted by Gasteiger charge is 2.13. The van der Waals surface area contributed by atoms with Gasteiger partial charge in [-0.05, 0) is 53.1 Å². The molecule has 0 atom stereocenters. The Morgan fingerprint density at radius 2 is 1.29 bits per heavy atom.